The van der Waals surface area contributed by atoms with Gasteiger partial charge in [0.2, 0.25) is 0 Å². The summed E-state index contributed by atoms with van der Waals surface area (Å²) in [6.07, 6.45) is 0.736. The zero-order valence-corrected chi connectivity index (χ0v) is 12.9. The summed E-state index contributed by atoms with van der Waals surface area (Å²) in [5.74, 6) is -2.10. The number of rotatable bonds is 7. The number of aromatic carboxylic acids is 1. The molecule has 6 nitrogen and oxygen atoms in total. The van der Waals surface area contributed by atoms with E-state index in [2.05, 4.69) is 0 Å². The molecule has 0 unspecified atom stereocenters. The first-order valence-electron chi connectivity index (χ1n) is 6.98. The molecule has 0 saturated heterocycles. The van der Waals surface area contributed by atoms with Crippen LogP contribution in [0.2, 0.25) is 0 Å². The zero-order chi connectivity index (χ0) is 16.7. The van der Waals surface area contributed by atoms with E-state index in [1.807, 2.05) is 13.8 Å². The van der Waals surface area contributed by atoms with E-state index in [4.69, 9.17) is 14.6 Å². The summed E-state index contributed by atoms with van der Waals surface area (Å²) < 4.78 is 9.73. The largest absolute Gasteiger partial charge is 0.478 e. The number of benzene rings is 1. The Hall–Kier alpha value is -2.37. The lowest BCUT2D eigenvalue weighted by Gasteiger charge is -2.08. The third kappa shape index (κ3) is 5.55. The van der Waals surface area contributed by atoms with E-state index in [-0.39, 0.29) is 17.7 Å². The minimum absolute atomic E-state index is 0.0222. The zero-order valence-electron chi connectivity index (χ0n) is 12.9. The Balaban J connectivity index is 2.54. The van der Waals surface area contributed by atoms with Gasteiger partial charge in [-0.15, -0.1) is 0 Å². The van der Waals surface area contributed by atoms with Crippen LogP contribution in [-0.2, 0) is 14.3 Å². The molecular formula is C16H20O6. The van der Waals surface area contributed by atoms with Gasteiger partial charge in [0.05, 0.1) is 17.7 Å². The molecule has 120 valence electrons. The van der Waals surface area contributed by atoms with Crippen LogP contribution in [0.1, 0.15) is 46.5 Å². The Labute approximate surface area is 129 Å². The Morgan fingerprint density at radius 1 is 1.18 bits per heavy atom. The fraction of sp³-hybridized carbons (Fsp3) is 0.438. The molecule has 0 aliphatic heterocycles. The number of carboxylic acid groups (broad SMARTS) is 1. The minimum atomic E-state index is -1.12. The summed E-state index contributed by atoms with van der Waals surface area (Å²) in [5.41, 5.74) is 0.643. The fourth-order valence-electron chi connectivity index (χ4n) is 1.64. The highest BCUT2D eigenvalue weighted by molar-refractivity contribution is 5.96. The smallest absolute Gasteiger partial charge is 0.344 e. The second kappa shape index (κ2) is 8.17. The second-order valence-corrected chi connectivity index (χ2v) is 5.31. The number of ether oxygens (including phenoxy) is 2. The van der Waals surface area contributed by atoms with Gasteiger partial charge in [-0.25, -0.2) is 14.4 Å². The summed E-state index contributed by atoms with van der Waals surface area (Å²) in [6, 6.07) is 4.19. The maximum atomic E-state index is 11.8. The van der Waals surface area contributed by atoms with Crippen molar-refractivity contribution in [2.75, 3.05) is 13.2 Å². The highest BCUT2D eigenvalue weighted by atomic mass is 16.6. The number of carbonyl (C=O) groups excluding carboxylic acids is 2. The normalized spacial score (nSPS) is 10.4. The monoisotopic (exact) mass is 308 g/mol. The lowest BCUT2D eigenvalue weighted by atomic mass is 10.1. The number of esters is 2. The third-order valence-electron chi connectivity index (χ3n) is 2.98. The molecule has 0 atom stereocenters. The predicted molar refractivity (Wildman–Crippen MR) is 78.8 cm³/mol. The van der Waals surface area contributed by atoms with Gasteiger partial charge in [0.25, 0.3) is 0 Å². The average Bonchev–Trinajstić information content (AvgIpc) is 2.44. The van der Waals surface area contributed by atoms with Crippen LogP contribution in [0.5, 0.6) is 0 Å². The molecule has 0 bridgehead atoms. The van der Waals surface area contributed by atoms with Crippen LogP contribution in [0.3, 0.4) is 0 Å². The molecule has 1 aromatic rings. The van der Waals surface area contributed by atoms with E-state index in [1.54, 1.807) is 6.92 Å². The number of carboxylic acids is 1. The average molecular weight is 308 g/mol. The van der Waals surface area contributed by atoms with Gasteiger partial charge in [0.1, 0.15) is 0 Å². The van der Waals surface area contributed by atoms with Gasteiger partial charge in [0.15, 0.2) is 6.61 Å². The van der Waals surface area contributed by atoms with E-state index in [1.165, 1.54) is 18.2 Å². The van der Waals surface area contributed by atoms with Gasteiger partial charge in [-0.2, -0.15) is 0 Å². The summed E-state index contributed by atoms with van der Waals surface area (Å²) >= 11 is 0. The minimum Gasteiger partial charge on any atom is -0.478 e. The van der Waals surface area contributed by atoms with Gasteiger partial charge >= 0.3 is 17.9 Å². The molecule has 1 rings (SSSR count). The van der Waals surface area contributed by atoms with Crippen molar-refractivity contribution in [2.24, 2.45) is 5.92 Å². The molecule has 0 saturated carbocycles. The van der Waals surface area contributed by atoms with Gasteiger partial charge in [-0.1, -0.05) is 19.9 Å². The van der Waals surface area contributed by atoms with Crippen molar-refractivity contribution >= 4 is 17.9 Å². The van der Waals surface area contributed by atoms with Crippen LogP contribution in [0.4, 0.5) is 0 Å². The molecule has 1 N–H and O–H groups in total. The molecular weight excluding hydrogens is 288 g/mol. The van der Waals surface area contributed by atoms with Gasteiger partial charge in [-0.05, 0) is 37.0 Å². The summed E-state index contributed by atoms with van der Waals surface area (Å²) in [5, 5.41) is 9.01. The van der Waals surface area contributed by atoms with E-state index >= 15 is 0 Å². The maximum absolute atomic E-state index is 11.8. The van der Waals surface area contributed by atoms with Crippen molar-refractivity contribution in [3.8, 4) is 0 Å². The molecule has 0 aliphatic rings. The van der Waals surface area contributed by atoms with E-state index in [0.29, 0.717) is 11.5 Å². The Morgan fingerprint density at radius 2 is 1.86 bits per heavy atom. The Morgan fingerprint density at radius 3 is 2.45 bits per heavy atom. The lowest BCUT2D eigenvalue weighted by Crippen LogP contribution is -2.18. The summed E-state index contributed by atoms with van der Waals surface area (Å²) in [4.78, 5) is 34.2. The second-order valence-electron chi connectivity index (χ2n) is 5.31. The Kier molecular flexibility index (Phi) is 6.56. The molecule has 0 amide bonds. The molecule has 0 aromatic heterocycles. The number of aryl methyl sites for hydroxylation is 1. The molecule has 0 spiro atoms. The standard InChI is InChI=1S/C16H20O6/c1-10(2)6-7-21-14(17)9-22-16(20)12-5-4-11(3)13(8-12)15(18)19/h4-5,8,10H,6-7,9H2,1-3H3,(H,18,19). The molecule has 0 heterocycles. The maximum Gasteiger partial charge on any atom is 0.344 e. The van der Waals surface area contributed by atoms with Crippen molar-refractivity contribution < 1.29 is 29.0 Å². The Bertz CT molecular complexity index is 562. The van der Waals surface area contributed by atoms with Crippen molar-refractivity contribution in [2.45, 2.75) is 27.2 Å². The van der Waals surface area contributed by atoms with Crippen LogP contribution in [0, 0.1) is 12.8 Å². The van der Waals surface area contributed by atoms with Crippen molar-refractivity contribution in [1.29, 1.82) is 0 Å². The SMILES string of the molecule is Cc1ccc(C(=O)OCC(=O)OCCC(C)C)cc1C(=O)O. The molecule has 1 aromatic carbocycles. The van der Waals surface area contributed by atoms with Crippen LogP contribution in [0.15, 0.2) is 18.2 Å². The van der Waals surface area contributed by atoms with Crippen LogP contribution in [0.25, 0.3) is 0 Å². The number of carbonyl (C=O) groups is 3. The lowest BCUT2D eigenvalue weighted by molar-refractivity contribution is -0.147. The highest BCUT2D eigenvalue weighted by Crippen LogP contribution is 2.12. The number of hydrogen-bond donors (Lipinski definition) is 1. The van der Waals surface area contributed by atoms with E-state index < -0.39 is 24.5 Å². The summed E-state index contributed by atoms with van der Waals surface area (Å²) in [6.45, 7) is 5.43. The van der Waals surface area contributed by atoms with E-state index in [9.17, 15) is 14.4 Å². The van der Waals surface area contributed by atoms with Crippen molar-refractivity contribution in [1.82, 2.24) is 0 Å². The fourth-order valence-corrected chi connectivity index (χ4v) is 1.64. The molecule has 22 heavy (non-hydrogen) atoms. The van der Waals surface area contributed by atoms with E-state index in [0.717, 1.165) is 6.42 Å². The first kappa shape index (κ1) is 17.7. The molecule has 6 heteroatoms. The van der Waals surface area contributed by atoms with Gasteiger partial charge in [-0.3, -0.25) is 0 Å². The quantitative estimate of drug-likeness (QED) is 0.778. The number of hydrogen-bond acceptors (Lipinski definition) is 5. The topological polar surface area (TPSA) is 89.9 Å². The molecule has 0 aliphatic carbocycles. The molecule has 0 radical (unpaired) electrons. The predicted octanol–water partition coefficient (Wildman–Crippen LogP) is 2.44. The van der Waals surface area contributed by atoms with Crippen LogP contribution in [-0.4, -0.2) is 36.2 Å². The third-order valence-corrected chi connectivity index (χ3v) is 2.98. The first-order valence-corrected chi connectivity index (χ1v) is 6.98. The first-order chi connectivity index (χ1) is 10.3. The summed E-state index contributed by atoms with van der Waals surface area (Å²) in [7, 11) is 0. The molecule has 0 fully saturated rings. The van der Waals surface area contributed by atoms with Crippen LogP contribution >= 0.6 is 0 Å². The van der Waals surface area contributed by atoms with Crippen molar-refractivity contribution in [3.63, 3.8) is 0 Å². The highest BCUT2D eigenvalue weighted by Gasteiger charge is 2.15. The van der Waals surface area contributed by atoms with Gasteiger partial charge < -0.3 is 14.6 Å². The van der Waals surface area contributed by atoms with Crippen molar-refractivity contribution in [3.05, 3.63) is 34.9 Å². The van der Waals surface area contributed by atoms with Crippen LogP contribution < -0.4 is 0 Å². The van der Waals surface area contributed by atoms with Gasteiger partial charge in [0, 0.05) is 0 Å².